The van der Waals surface area contributed by atoms with Gasteiger partial charge in [0.15, 0.2) is 17.3 Å². The maximum atomic E-state index is 12.5. The molecule has 0 N–H and O–H groups in total. The molecular weight excluding hydrogens is 392 g/mol. The molecule has 0 unspecified atom stereocenters. The van der Waals surface area contributed by atoms with Crippen molar-refractivity contribution in [3.05, 3.63) is 58.6 Å². The smallest absolute Gasteiger partial charge is 0.231 e. The number of hydrogen-bond donors (Lipinski definition) is 0. The Morgan fingerprint density at radius 3 is 2.38 bits per heavy atom. The first-order chi connectivity index (χ1) is 14.1. The summed E-state index contributed by atoms with van der Waals surface area (Å²) in [6, 6.07) is 12.8. The van der Waals surface area contributed by atoms with Crippen LogP contribution in [0.1, 0.15) is 28.8 Å². The van der Waals surface area contributed by atoms with Gasteiger partial charge in [0.25, 0.3) is 0 Å². The van der Waals surface area contributed by atoms with Crippen LogP contribution in [0.5, 0.6) is 11.5 Å². The molecule has 0 saturated carbocycles. The Hall–Kier alpha value is -2.57. The van der Waals surface area contributed by atoms with Gasteiger partial charge in [-0.25, -0.2) is 0 Å². The van der Waals surface area contributed by atoms with Gasteiger partial charge in [-0.2, -0.15) is 0 Å². The van der Waals surface area contributed by atoms with Gasteiger partial charge in [-0.05, 0) is 42.0 Å². The molecule has 4 rings (SSSR count). The molecule has 7 heteroatoms. The minimum absolute atomic E-state index is 0.0311. The van der Waals surface area contributed by atoms with Crippen LogP contribution in [-0.2, 0) is 11.3 Å². The first-order valence-corrected chi connectivity index (χ1v) is 10.1. The highest BCUT2D eigenvalue weighted by Gasteiger charge is 2.22. The van der Waals surface area contributed by atoms with E-state index in [2.05, 4.69) is 4.90 Å². The Labute approximate surface area is 174 Å². The van der Waals surface area contributed by atoms with Crippen molar-refractivity contribution in [3.8, 4) is 11.5 Å². The Balaban J connectivity index is 1.22. The molecule has 2 aromatic carbocycles. The molecule has 6 nitrogen and oxygen atoms in total. The number of hydrogen-bond acceptors (Lipinski definition) is 5. The van der Waals surface area contributed by atoms with Crippen molar-refractivity contribution in [1.82, 2.24) is 9.80 Å². The van der Waals surface area contributed by atoms with E-state index < -0.39 is 0 Å². The summed E-state index contributed by atoms with van der Waals surface area (Å²) in [6.07, 6.45) is 0.460. The van der Waals surface area contributed by atoms with Crippen LogP contribution in [0.3, 0.4) is 0 Å². The van der Waals surface area contributed by atoms with Gasteiger partial charge in [0.1, 0.15) is 0 Å². The van der Waals surface area contributed by atoms with E-state index in [4.69, 9.17) is 21.1 Å². The molecular formula is C22H23ClN2O4. The van der Waals surface area contributed by atoms with Crippen LogP contribution in [0.4, 0.5) is 0 Å². The molecule has 1 amide bonds. The summed E-state index contributed by atoms with van der Waals surface area (Å²) in [5, 5.41) is 0.594. The summed E-state index contributed by atoms with van der Waals surface area (Å²) in [5.41, 5.74) is 1.76. The van der Waals surface area contributed by atoms with Crippen LogP contribution in [0.15, 0.2) is 42.5 Å². The fraction of sp³-hybridized carbons (Fsp3) is 0.364. The summed E-state index contributed by atoms with van der Waals surface area (Å²) in [6.45, 7) is 4.07. The Morgan fingerprint density at radius 1 is 0.897 bits per heavy atom. The Bertz CT molecular complexity index is 892. The topological polar surface area (TPSA) is 59.1 Å². The Morgan fingerprint density at radius 2 is 1.62 bits per heavy atom. The lowest BCUT2D eigenvalue weighted by molar-refractivity contribution is -0.132. The molecule has 2 heterocycles. The number of benzene rings is 2. The summed E-state index contributed by atoms with van der Waals surface area (Å²) < 4.78 is 10.8. The van der Waals surface area contributed by atoms with Crippen LogP contribution in [0.2, 0.25) is 5.02 Å². The number of ether oxygens (including phenoxy) is 2. The second kappa shape index (κ2) is 8.84. The van der Waals surface area contributed by atoms with Crippen molar-refractivity contribution in [1.29, 1.82) is 0 Å². The van der Waals surface area contributed by atoms with Gasteiger partial charge in [0.05, 0.1) is 0 Å². The molecule has 2 aliphatic rings. The maximum Gasteiger partial charge on any atom is 0.231 e. The summed E-state index contributed by atoms with van der Waals surface area (Å²) in [4.78, 5) is 28.9. The number of nitrogens with zero attached hydrogens (tertiary/aromatic N) is 2. The predicted octanol–water partition coefficient (Wildman–Crippen LogP) is 3.38. The van der Waals surface area contributed by atoms with Crippen molar-refractivity contribution >= 4 is 23.3 Å². The lowest BCUT2D eigenvalue weighted by Crippen LogP contribution is -2.48. The number of halogens is 1. The lowest BCUT2D eigenvalue weighted by Gasteiger charge is -2.34. The van der Waals surface area contributed by atoms with E-state index in [-0.39, 0.29) is 31.3 Å². The number of ketones is 1. The van der Waals surface area contributed by atoms with Crippen molar-refractivity contribution < 1.29 is 19.1 Å². The van der Waals surface area contributed by atoms with E-state index in [1.165, 1.54) is 5.56 Å². The molecule has 2 aliphatic heterocycles. The summed E-state index contributed by atoms with van der Waals surface area (Å²) >= 11 is 5.85. The van der Waals surface area contributed by atoms with Crippen LogP contribution in [0.25, 0.3) is 0 Å². The van der Waals surface area contributed by atoms with Crippen LogP contribution in [-0.4, -0.2) is 54.5 Å². The average molecular weight is 415 g/mol. The molecule has 0 aromatic heterocycles. The third-order valence-electron chi connectivity index (χ3n) is 5.30. The van der Waals surface area contributed by atoms with Crippen LogP contribution in [0, 0.1) is 0 Å². The third-order valence-corrected chi connectivity index (χ3v) is 5.55. The Kier molecular flexibility index (Phi) is 6.02. The average Bonchev–Trinajstić information content (AvgIpc) is 3.21. The monoisotopic (exact) mass is 414 g/mol. The zero-order chi connectivity index (χ0) is 20.2. The molecule has 0 radical (unpaired) electrons. The molecule has 1 fully saturated rings. The molecule has 2 aromatic rings. The molecule has 0 bridgehead atoms. The standard InChI is InChI=1S/C22H23ClN2O4/c23-18-4-2-17(3-5-18)19(26)6-8-22(27)25-11-9-24(10-12-25)14-16-1-7-20-21(13-16)29-15-28-20/h1-5,7,13H,6,8-12,14-15H2. The molecule has 152 valence electrons. The molecule has 0 spiro atoms. The lowest BCUT2D eigenvalue weighted by atomic mass is 10.1. The number of amides is 1. The number of carbonyl (C=O) groups is 2. The number of Topliss-reactive ketones (excluding diaryl/α,β-unsaturated/α-hetero) is 1. The quantitative estimate of drug-likeness (QED) is 0.678. The van der Waals surface area contributed by atoms with Crippen LogP contribution < -0.4 is 9.47 Å². The van der Waals surface area contributed by atoms with Gasteiger partial charge >= 0.3 is 0 Å². The highest BCUT2D eigenvalue weighted by molar-refractivity contribution is 6.30. The number of carbonyl (C=O) groups excluding carboxylic acids is 2. The van der Waals surface area contributed by atoms with Crippen molar-refractivity contribution in [2.45, 2.75) is 19.4 Å². The van der Waals surface area contributed by atoms with Gasteiger partial charge in [-0.15, -0.1) is 0 Å². The highest BCUT2D eigenvalue weighted by atomic mass is 35.5. The fourth-order valence-corrected chi connectivity index (χ4v) is 3.74. The minimum atomic E-state index is -0.0311. The van der Waals surface area contributed by atoms with Crippen LogP contribution >= 0.6 is 11.6 Å². The van der Waals surface area contributed by atoms with Crippen molar-refractivity contribution in [3.63, 3.8) is 0 Å². The fourth-order valence-electron chi connectivity index (χ4n) is 3.61. The minimum Gasteiger partial charge on any atom is -0.454 e. The normalized spacial score (nSPS) is 16.1. The van der Waals surface area contributed by atoms with E-state index in [1.54, 1.807) is 24.3 Å². The van der Waals surface area contributed by atoms with E-state index in [1.807, 2.05) is 23.1 Å². The van der Waals surface area contributed by atoms with Gasteiger partial charge in [-0.3, -0.25) is 14.5 Å². The van der Waals surface area contributed by atoms with E-state index >= 15 is 0 Å². The highest BCUT2D eigenvalue weighted by Crippen LogP contribution is 2.32. The third kappa shape index (κ3) is 4.89. The van der Waals surface area contributed by atoms with Crippen molar-refractivity contribution in [2.75, 3.05) is 33.0 Å². The van der Waals surface area contributed by atoms with Gasteiger partial charge < -0.3 is 14.4 Å². The first kappa shape index (κ1) is 19.7. The predicted molar refractivity (Wildman–Crippen MR) is 109 cm³/mol. The van der Waals surface area contributed by atoms with Gasteiger partial charge in [0.2, 0.25) is 12.7 Å². The maximum absolute atomic E-state index is 12.5. The number of rotatable bonds is 6. The number of piperazine rings is 1. The van der Waals surface area contributed by atoms with Gasteiger partial charge in [-0.1, -0.05) is 17.7 Å². The molecule has 1 saturated heterocycles. The summed E-state index contributed by atoms with van der Waals surface area (Å²) in [5.74, 6) is 1.59. The zero-order valence-corrected chi connectivity index (χ0v) is 16.9. The zero-order valence-electron chi connectivity index (χ0n) is 16.1. The molecule has 29 heavy (non-hydrogen) atoms. The molecule has 0 atom stereocenters. The second-order valence-electron chi connectivity index (χ2n) is 7.27. The van der Waals surface area contributed by atoms with Crippen molar-refractivity contribution in [2.24, 2.45) is 0 Å². The second-order valence-corrected chi connectivity index (χ2v) is 7.71. The summed E-state index contributed by atoms with van der Waals surface area (Å²) in [7, 11) is 0. The number of fused-ring (bicyclic) bond motifs is 1. The van der Waals surface area contributed by atoms with E-state index in [9.17, 15) is 9.59 Å². The van der Waals surface area contributed by atoms with Gasteiger partial charge in [0, 0.05) is 56.2 Å². The van der Waals surface area contributed by atoms with E-state index in [0.29, 0.717) is 23.7 Å². The van der Waals surface area contributed by atoms with E-state index in [0.717, 1.165) is 31.1 Å². The molecule has 0 aliphatic carbocycles. The SMILES string of the molecule is O=C(CCC(=O)N1CCN(Cc2ccc3c(c2)OCO3)CC1)c1ccc(Cl)cc1. The largest absolute Gasteiger partial charge is 0.454 e. The first-order valence-electron chi connectivity index (χ1n) is 9.76.